The minimum atomic E-state index is 0. The monoisotopic (exact) mass is 358 g/mol. The number of rotatable bonds is 2. The minimum Gasteiger partial charge on any atom is -0.326 e. The second kappa shape index (κ2) is 6.04. The fraction of sp³-hybridized carbons (Fsp3) is 0.533. The molecule has 0 bridgehead atoms. The van der Waals surface area contributed by atoms with E-state index in [1.54, 1.807) is 0 Å². The van der Waals surface area contributed by atoms with Crippen molar-refractivity contribution in [3.8, 4) is 0 Å². The summed E-state index contributed by atoms with van der Waals surface area (Å²) in [6.45, 7) is 4.15. The number of piperidine rings is 1. The summed E-state index contributed by atoms with van der Waals surface area (Å²) in [6.07, 6.45) is 3.35. The number of hydrogen-bond acceptors (Lipinski definition) is 2. The highest BCUT2D eigenvalue weighted by Crippen LogP contribution is 2.58. The maximum absolute atomic E-state index is 12.3. The van der Waals surface area contributed by atoms with Crippen molar-refractivity contribution in [3.63, 3.8) is 0 Å². The zero-order chi connectivity index (χ0) is 13.5. The van der Waals surface area contributed by atoms with E-state index in [1.165, 1.54) is 0 Å². The molecule has 1 heterocycles. The Morgan fingerprint density at radius 2 is 2.10 bits per heavy atom. The number of benzene rings is 1. The van der Waals surface area contributed by atoms with Gasteiger partial charge in [0.25, 0.3) is 0 Å². The highest BCUT2D eigenvalue weighted by atomic mass is 79.9. The molecule has 1 saturated heterocycles. The molecule has 1 spiro atoms. The van der Waals surface area contributed by atoms with E-state index >= 15 is 0 Å². The topological polar surface area (TPSA) is 41.1 Å². The van der Waals surface area contributed by atoms with Crippen LogP contribution in [0.5, 0.6) is 0 Å². The van der Waals surface area contributed by atoms with Crippen molar-refractivity contribution in [2.24, 2.45) is 11.3 Å². The molecular weight excluding hydrogens is 340 g/mol. The van der Waals surface area contributed by atoms with E-state index in [0.717, 1.165) is 48.1 Å². The van der Waals surface area contributed by atoms with Gasteiger partial charge in [0.15, 0.2) is 0 Å². The predicted molar refractivity (Wildman–Crippen MR) is 87.4 cm³/mol. The first-order valence-corrected chi connectivity index (χ1v) is 7.68. The van der Waals surface area contributed by atoms with Crippen LogP contribution >= 0.6 is 28.3 Å². The second-order valence-corrected chi connectivity index (χ2v) is 6.68. The number of nitrogens with one attached hydrogen (secondary N) is 2. The summed E-state index contributed by atoms with van der Waals surface area (Å²) >= 11 is 3.47. The lowest BCUT2D eigenvalue weighted by atomic mass is 9.92. The molecule has 110 valence electrons. The van der Waals surface area contributed by atoms with E-state index in [1.807, 2.05) is 25.1 Å². The van der Waals surface area contributed by atoms with Gasteiger partial charge in [-0.3, -0.25) is 4.79 Å². The van der Waals surface area contributed by atoms with Crippen LogP contribution in [-0.2, 0) is 4.79 Å². The van der Waals surface area contributed by atoms with Crippen LogP contribution < -0.4 is 10.6 Å². The molecule has 1 aromatic rings. The molecular formula is C15H20BrClN2O. The quantitative estimate of drug-likeness (QED) is 0.848. The van der Waals surface area contributed by atoms with Gasteiger partial charge in [-0.1, -0.05) is 15.9 Å². The third kappa shape index (κ3) is 3.02. The number of halogens is 2. The number of aryl methyl sites for hydroxylation is 1. The maximum Gasteiger partial charge on any atom is 0.228 e. The molecule has 1 saturated carbocycles. The minimum absolute atomic E-state index is 0. The van der Waals surface area contributed by atoms with Crippen LogP contribution in [-0.4, -0.2) is 19.0 Å². The molecule has 20 heavy (non-hydrogen) atoms. The third-order valence-electron chi connectivity index (χ3n) is 4.53. The van der Waals surface area contributed by atoms with Gasteiger partial charge in [0.2, 0.25) is 5.91 Å². The molecule has 1 aromatic carbocycles. The first kappa shape index (κ1) is 15.8. The highest BCUT2D eigenvalue weighted by molar-refractivity contribution is 9.10. The lowest BCUT2D eigenvalue weighted by molar-refractivity contribution is -0.118. The van der Waals surface area contributed by atoms with Crippen molar-refractivity contribution >= 4 is 39.9 Å². The van der Waals surface area contributed by atoms with E-state index in [9.17, 15) is 4.79 Å². The van der Waals surface area contributed by atoms with Crippen LogP contribution in [0.4, 0.5) is 5.69 Å². The molecule has 1 amide bonds. The third-order valence-corrected chi connectivity index (χ3v) is 5.42. The molecule has 1 aliphatic heterocycles. The van der Waals surface area contributed by atoms with E-state index in [-0.39, 0.29) is 24.2 Å². The van der Waals surface area contributed by atoms with E-state index in [2.05, 4.69) is 26.6 Å². The number of hydrogen-bond donors (Lipinski definition) is 2. The molecule has 2 N–H and O–H groups in total. The Labute approximate surface area is 134 Å². The smallest absolute Gasteiger partial charge is 0.228 e. The molecule has 2 aliphatic rings. The summed E-state index contributed by atoms with van der Waals surface area (Å²) in [5.41, 5.74) is 2.35. The van der Waals surface area contributed by atoms with Gasteiger partial charge >= 0.3 is 0 Å². The number of carbonyl (C=O) groups is 1. The predicted octanol–water partition coefficient (Wildman–Crippen LogP) is 3.51. The molecule has 5 heteroatoms. The molecule has 0 aromatic heterocycles. The largest absolute Gasteiger partial charge is 0.326 e. The Kier molecular flexibility index (Phi) is 4.77. The zero-order valence-corrected chi connectivity index (χ0v) is 13.9. The Bertz CT molecular complexity index is 515. The van der Waals surface area contributed by atoms with Crippen molar-refractivity contribution in [1.82, 2.24) is 5.32 Å². The van der Waals surface area contributed by atoms with Crippen molar-refractivity contribution in [3.05, 3.63) is 28.2 Å². The van der Waals surface area contributed by atoms with E-state index in [4.69, 9.17) is 0 Å². The Morgan fingerprint density at radius 3 is 2.75 bits per heavy atom. The van der Waals surface area contributed by atoms with Gasteiger partial charge in [-0.05, 0) is 68.5 Å². The molecule has 3 rings (SSSR count). The van der Waals surface area contributed by atoms with Crippen molar-refractivity contribution < 1.29 is 4.79 Å². The first-order chi connectivity index (χ1) is 9.11. The lowest BCUT2D eigenvalue weighted by Gasteiger charge is -2.23. The summed E-state index contributed by atoms with van der Waals surface area (Å²) in [7, 11) is 0. The van der Waals surface area contributed by atoms with Gasteiger partial charge < -0.3 is 10.6 Å². The van der Waals surface area contributed by atoms with Crippen molar-refractivity contribution in [1.29, 1.82) is 0 Å². The van der Waals surface area contributed by atoms with Gasteiger partial charge in [0.05, 0.1) is 0 Å². The highest BCUT2D eigenvalue weighted by Gasteiger charge is 2.57. The number of amides is 1. The van der Waals surface area contributed by atoms with Crippen molar-refractivity contribution in [2.45, 2.75) is 26.2 Å². The Morgan fingerprint density at radius 1 is 1.40 bits per heavy atom. The van der Waals surface area contributed by atoms with E-state index in [0.29, 0.717) is 5.41 Å². The summed E-state index contributed by atoms with van der Waals surface area (Å²) in [5, 5.41) is 6.43. The van der Waals surface area contributed by atoms with Crippen LogP contribution in [0.1, 0.15) is 24.8 Å². The van der Waals surface area contributed by atoms with Crippen LogP contribution in [0.25, 0.3) is 0 Å². The molecule has 0 radical (unpaired) electrons. The Balaban J connectivity index is 0.00000147. The van der Waals surface area contributed by atoms with Crippen LogP contribution in [0.15, 0.2) is 22.7 Å². The van der Waals surface area contributed by atoms with Gasteiger partial charge in [0, 0.05) is 16.1 Å². The average Bonchev–Trinajstić information content (AvgIpc) is 3.08. The molecule has 2 fully saturated rings. The van der Waals surface area contributed by atoms with Gasteiger partial charge in [-0.15, -0.1) is 12.4 Å². The van der Waals surface area contributed by atoms with Crippen LogP contribution in [0.3, 0.4) is 0 Å². The Hall–Kier alpha value is -0.580. The average molecular weight is 360 g/mol. The van der Waals surface area contributed by atoms with Gasteiger partial charge in [-0.2, -0.15) is 0 Å². The van der Waals surface area contributed by atoms with Gasteiger partial charge in [0.1, 0.15) is 0 Å². The zero-order valence-electron chi connectivity index (χ0n) is 11.5. The van der Waals surface area contributed by atoms with Crippen molar-refractivity contribution in [2.75, 3.05) is 18.4 Å². The molecule has 1 aliphatic carbocycles. The SMILES string of the molecule is Cc1cc(NC(=O)C2CC23CCNCC3)ccc1Br.Cl. The normalized spacial score (nSPS) is 23.0. The lowest BCUT2D eigenvalue weighted by Crippen LogP contribution is -2.31. The van der Waals surface area contributed by atoms with E-state index < -0.39 is 0 Å². The summed E-state index contributed by atoms with van der Waals surface area (Å²) in [5.74, 6) is 0.419. The molecule has 1 unspecified atom stereocenters. The maximum atomic E-state index is 12.3. The number of carbonyl (C=O) groups excluding carboxylic acids is 1. The standard InChI is InChI=1S/C15H19BrN2O.ClH/c1-10-8-11(2-3-13(10)16)18-14(19)12-9-15(12)4-6-17-7-5-15;/h2-3,8,12,17H,4-7,9H2,1H3,(H,18,19);1H. The second-order valence-electron chi connectivity index (χ2n) is 5.82. The number of anilines is 1. The summed E-state index contributed by atoms with van der Waals surface area (Å²) < 4.78 is 1.08. The summed E-state index contributed by atoms with van der Waals surface area (Å²) in [6, 6.07) is 5.95. The summed E-state index contributed by atoms with van der Waals surface area (Å²) in [4.78, 5) is 12.3. The first-order valence-electron chi connectivity index (χ1n) is 6.88. The van der Waals surface area contributed by atoms with Crippen LogP contribution in [0.2, 0.25) is 0 Å². The van der Waals surface area contributed by atoms with Gasteiger partial charge in [-0.25, -0.2) is 0 Å². The fourth-order valence-corrected chi connectivity index (χ4v) is 3.39. The fourth-order valence-electron chi connectivity index (χ4n) is 3.15. The van der Waals surface area contributed by atoms with Crippen LogP contribution in [0, 0.1) is 18.3 Å². The molecule has 3 nitrogen and oxygen atoms in total. The molecule has 1 atom stereocenters.